The average Bonchev–Trinajstić information content (AvgIpc) is 2.71. The number of carbonyl (C=O) groups is 1. The summed E-state index contributed by atoms with van der Waals surface area (Å²) in [5.74, 6) is -0.107. The van der Waals surface area contributed by atoms with Gasteiger partial charge in [0.2, 0.25) is 5.91 Å². The summed E-state index contributed by atoms with van der Waals surface area (Å²) in [5.41, 5.74) is 9.64. The maximum absolute atomic E-state index is 12.5. The monoisotopic (exact) mass is 367 g/mol. The van der Waals surface area contributed by atoms with Gasteiger partial charge in [0.05, 0.1) is 25.3 Å². The molecule has 3 N–H and O–H groups in total. The summed E-state index contributed by atoms with van der Waals surface area (Å²) in [6, 6.07) is 18.0. The number of carbonyl (C=O) groups excluding carboxylic acids is 1. The molecule has 1 aliphatic rings. The standard InChI is InChI=1S/C22H29N3O2/c1-17-7-9-19(10-8-17)21(25-11-13-27-14-12-25)16-24-22(26)20(23)15-18-5-3-2-4-6-18/h2-10,20-21H,11-16,23H2,1H3,(H,24,26). The number of nitrogens with zero attached hydrogens (tertiary/aromatic N) is 1. The summed E-state index contributed by atoms with van der Waals surface area (Å²) < 4.78 is 5.49. The Morgan fingerprint density at radius 3 is 2.44 bits per heavy atom. The van der Waals surface area contributed by atoms with Crippen LogP contribution in [0.5, 0.6) is 0 Å². The molecular weight excluding hydrogens is 338 g/mol. The fourth-order valence-electron chi connectivity index (χ4n) is 3.42. The van der Waals surface area contributed by atoms with E-state index in [-0.39, 0.29) is 11.9 Å². The minimum atomic E-state index is -0.546. The molecule has 0 radical (unpaired) electrons. The van der Waals surface area contributed by atoms with Crippen LogP contribution >= 0.6 is 0 Å². The van der Waals surface area contributed by atoms with Gasteiger partial charge in [0, 0.05) is 19.6 Å². The van der Waals surface area contributed by atoms with Crippen LogP contribution in [0.25, 0.3) is 0 Å². The highest BCUT2D eigenvalue weighted by Crippen LogP contribution is 2.22. The van der Waals surface area contributed by atoms with Gasteiger partial charge < -0.3 is 15.8 Å². The van der Waals surface area contributed by atoms with Crippen LogP contribution in [0.4, 0.5) is 0 Å². The van der Waals surface area contributed by atoms with E-state index in [1.807, 2.05) is 30.3 Å². The van der Waals surface area contributed by atoms with Crippen molar-refractivity contribution in [3.63, 3.8) is 0 Å². The zero-order chi connectivity index (χ0) is 19.1. The number of ether oxygens (including phenoxy) is 1. The molecule has 0 aliphatic carbocycles. The average molecular weight is 367 g/mol. The number of nitrogens with one attached hydrogen (secondary N) is 1. The number of hydrogen-bond acceptors (Lipinski definition) is 4. The molecule has 2 unspecified atom stereocenters. The molecule has 1 amide bonds. The minimum Gasteiger partial charge on any atom is -0.379 e. The van der Waals surface area contributed by atoms with Crippen LogP contribution in [0.1, 0.15) is 22.7 Å². The first kappa shape index (κ1) is 19.5. The van der Waals surface area contributed by atoms with Crippen molar-refractivity contribution < 1.29 is 9.53 Å². The SMILES string of the molecule is Cc1ccc(C(CNC(=O)C(N)Cc2ccccc2)N2CCOCC2)cc1. The Morgan fingerprint density at radius 2 is 1.78 bits per heavy atom. The van der Waals surface area contributed by atoms with Gasteiger partial charge in [-0.1, -0.05) is 60.2 Å². The van der Waals surface area contributed by atoms with Crippen molar-refractivity contribution in [2.45, 2.75) is 25.4 Å². The normalized spacial score (nSPS) is 17.3. The first-order chi connectivity index (χ1) is 13.1. The Kier molecular flexibility index (Phi) is 6.98. The van der Waals surface area contributed by atoms with E-state index in [9.17, 15) is 4.79 Å². The van der Waals surface area contributed by atoms with E-state index in [0.717, 1.165) is 31.9 Å². The third kappa shape index (κ3) is 5.63. The molecule has 2 atom stereocenters. The van der Waals surface area contributed by atoms with Crippen molar-refractivity contribution in [2.75, 3.05) is 32.8 Å². The van der Waals surface area contributed by atoms with Gasteiger partial charge in [-0.15, -0.1) is 0 Å². The molecule has 1 saturated heterocycles. The lowest BCUT2D eigenvalue weighted by Gasteiger charge is -2.35. The number of rotatable bonds is 7. The van der Waals surface area contributed by atoms with Crippen molar-refractivity contribution in [1.29, 1.82) is 0 Å². The molecule has 1 fully saturated rings. The van der Waals surface area contributed by atoms with Crippen LogP contribution in [0.2, 0.25) is 0 Å². The predicted octanol–water partition coefficient (Wildman–Crippen LogP) is 2.05. The van der Waals surface area contributed by atoms with E-state index < -0.39 is 6.04 Å². The van der Waals surface area contributed by atoms with E-state index >= 15 is 0 Å². The Balaban J connectivity index is 1.62. The molecule has 5 nitrogen and oxygen atoms in total. The molecule has 1 aliphatic heterocycles. The number of nitrogens with two attached hydrogens (primary N) is 1. The Bertz CT molecular complexity index is 712. The Hall–Kier alpha value is -2.21. The van der Waals surface area contributed by atoms with E-state index in [0.29, 0.717) is 13.0 Å². The van der Waals surface area contributed by atoms with Crippen LogP contribution in [0, 0.1) is 6.92 Å². The first-order valence-electron chi connectivity index (χ1n) is 9.59. The fourth-order valence-corrected chi connectivity index (χ4v) is 3.42. The molecular formula is C22H29N3O2. The number of hydrogen-bond donors (Lipinski definition) is 2. The number of aryl methyl sites for hydroxylation is 1. The van der Waals surface area contributed by atoms with Crippen LogP contribution in [-0.4, -0.2) is 49.7 Å². The molecule has 0 spiro atoms. The van der Waals surface area contributed by atoms with Crippen LogP contribution in [0.15, 0.2) is 54.6 Å². The van der Waals surface area contributed by atoms with Crippen molar-refractivity contribution in [2.24, 2.45) is 5.73 Å². The van der Waals surface area contributed by atoms with E-state index in [4.69, 9.17) is 10.5 Å². The molecule has 0 saturated carbocycles. The third-order valence-corrected chi connectivity index (χ3v) is 5.05. The molecule has 3 rings (SSSR count). The van der Waals surface area contributed by atoms with Crippen LogP contribution in [-0.2, 0) is 16.0 Å². The first-order valence-corrected chi connectivity index (χ1v) is 9.59. The fraction of sp³-hybridized carbons (Fsp3) is 0.409. The molecule has 0 bridgehead atoms. The molecule has 1 heterocycles. The molecule has 27 heavy (non-hydrogen) atoms. The van der Waals surface area contributed by atoms with Crippen LogP contribution < -0.4 is 11.1 Å². The van der Waals surface area contributed by atoms with Crippen molar-refractivity contribution in [3.8, 4) is 0 Å². The smallest absolute Gasteiger partial charge is 0.237 e. The second-order valence-corrected chi connectivity index (χ2v) is 7.12. The third-order valence-electron chi connectivity index (χ3n) is 5.05. The summed E-state index contributed by atoms with van der Waals surface area (Å²) >= 11 is 0. The summed E-state index contributed by atoms with van der Waals surface area (Å²) in [5, 5.41) is 3.07. The van der Waals surface area contributed by atoms with Crippen LogP contribution in [0.3, 0.4) is 0 Å². The van der Waals surface area contributed by atoms with Gasteiger partial charge >= 0.3 is 0 Å². The van der Waals surface area contributed by atoms with E-state index in [2.05, 4.69) is 41.4 Å². The van der Waals surface area contributed by atoms with Crippen molar-refractivity contribution >= 4 is 5.91 Å². The van der Waals surface area contributed by atoms with E-state index in [1.165, 1.54) is 11.1 Å². The summed E-state index contributed by atoms with van der Waals surface area (Å²) in [6.07, 6.45) is 0.541. The highest BCUT2D eigenvalue weighted by molar-refractivity contribution is 5.81. The highest BCUT2D eigenvalue weighted by atomic mass is 16.5. The number of morpholine rings is 1. The minimum absolute atomic E-state index is 0.107. The number of benzene rings is 2. The maximum Gasteiger partial charge on any atom is 0.237 e. The molecule has 2 aromatic carbocycles. The van der Waals surface area contributed by atoms with Crippen molar-refractivity contribution in [3.05, 3.63) is 71.3 Å². The zero-order valence-electron chi connectivity index (χ0n) is 15.9. The lowest BCUT2D eigenvalue weighted by atomic mass is 10.0. The summed E-state index contributed by atoms with van der Waals surface area (Å²) in [4.78, 5) is 14.9. The van der Waals surface area contributed by atoms with Crippen molar-refractivity contribution in [1.82, 2.24) is 10.2 Å². The summed E-state index contributed by atoms with van der Waals surface area (Å²) in [6.45, 7) is 5.81. The molecule has 2 aromatic rings. The maximum atomic E-state index is 12.5. The van der Waals surface area contributed by atoms with Gasteiger partial charge in [0.15, 0.2) is 0 Å². The Morgan fingerprint density at radius 1 is 1.11 bits per heavy atom. The van der Waals surface area contributed by atoms with Gasteiger partial charge in [0.1, 0.15) is 0 Å². The summed E-state index contributed by atoms with van der Waals surface area (Å²) in [7, 11) is 0. The van der Waals surface area contributed by atoms with Gasteiger partial charge in [-0.05, 0) is 24.5 Å². The lowest BCUT2D eigenvalue weighted by molar-refractivity contribution is -0.122. The van der Waals surface area contributed by atoms with Gasteiger partial charge in [0.25, 0.3) is 0 Å². The topological polar surface area (TPSA) is 67.6 Å². The molecule has 144 valence electrons. The highest BCUT2D eigenvalue weighted by Gasteiger charge is 2.24. The quantitative estimate of drug-likeness (QED) is 0.786. The Labute approximate surface area is 161 Å². The van der Waals surface area contributed by atoms with E-state index in [1.54, 1.807) is 0 Å². The molecule has 5 heteroatoms. The predicted molar refractivity (Wildman–Crippen MR) is 107 cm³/mol. The van der Waals surface area contributed by atoms with Gasteiger partial charge in [-0.25, -0.2) is 0 Å². The zero-order valence-corrected chi connectivity index (χ0v) is 15.9. The molecule has 0 aromatic heterocycles. The van der Waals surface area contributed by atoms with Gasteiger partial charge in [-0.2, -0.15) is 0 Å². The largest absolute Gasteiger partial charge is 0.379 e. The number of amides is 1. The second-order valence-electron chi connectivity index (χ2n) is 7.12. The second kappa shape index (κ2) is 9.65. The van der Waals surface area contributed by atoms with Gasteiger partial charge in [-0.3, -0.25) is 9.69 Å². The lowest BCUT2D eigenvalue weighted by Crippen LogP contribution is -2.47.